The summed E-state index contributed by atoms with van der Waals surface area (Å²) in [6.07, 6.45) is 0. The number of carbonyl (C=O) groups excluding carboxylic acids is 2. The number of hydrogen-bond donors (Lipinski definition) is 3. The fourth-order valence-electron chi connectivity index (χ4n) is 2.80. The monoisotopic (exact) mass is 546 g/mol. The van der Waals surface area contributed by atoms with Gasteiger partial charge in [-0.05, 0) is 36.4 Å². The predicted octanol–water partition coefficient (Wildman–Crippen LogP) is 5.06. The Morgan fingerprint density at radius 2 is 1.76 bits per heavy atom. The number of thioether (sulfide) groups is 1. The van der Waals surface area contributed by atoms with E-state index in [9.17, 15) is 9.59 Å². The van der Waals surface area contributed by atoms with E-state index in [-0.39, 0.29) is 38.6 Å². The average Bonchev–Trinajstić information content (AvgIpc) is 3.09. The van der Waals surface area contributed by atoms with Gasteiger partial charge in [0, 0.05) is 24.4 Å². The number of amides is 2. The minimum Gasteiger partial charge on any atom is -0.400 e. The quantitative estimate of drug-likeness (QED) is 0.332. The molecule has 33 heavy (non-hydrogen) atoms. The number of carbonyl (C=O) groups is 2. The third-order valence-electron chi connectivity index (χ3n) is 4.40. The molecule has 0 radical (unpaired) electrons. The van der Waals surface area contributed by atoms with Gasteiger partial charge in [-0.3, -0.25) is 9.59 Å². The van der Waals surface area contributed by atoms with Gasteiger partial charge in [-0.1, -0.05) is 58.2 Å². The summed E-state index contributed by atoms with van der Waals surface area (Å²) in [7, 11) is 1.52. The summed E-state index contributed by atoms with van der Waals surface area (Å²) in [6, 6.07) is 9.57. The van der Waals surface area contributed by atoms with Crippen molar-refractivity contribution in [3.63, 3.8) is 0 Å². The largest absolute Gasteiger partial charge is 0.400 e. The zero-order chi connectivity index (χ0) is 24.1. The van der Waals surface area contributed by atoms with Crippen LogP contribution in [0, 0.1) is 0 Å². The summed E-state index contributed by atoms with van der Waals surface area (Å²) in [5.41, 5.74) is 7.26. The number of benzene rings is 2. The first-order chi connectivity index (χ1) is 15.7. The van der Waals surface area contributed by atoms with Crippen molar-refractivity contribution in [2.75, 3.05) is 25.6 Å². The van der Waals surface area contributed by atoms with Crippen LogP contribution in [0.4, 0.5) is 11.4 Å². The van der Waals surface area contributed by atoms with Gasteiger partial charge < -0.3 is 21.1 Å². The van der Waals surface area contributed by atoms with Gasteiger partial charge in [0.2, 0.25) is 5.91 Å². The topological polar surface area (TPSA) is 106 Å². The highest BCUT2D eigenvalue weighted by Gasteiger charge is 2.38. The zero-order valence-electron chi connectivity index (χ0n) is 17.1. The molecule has 0 spiro atoms. The molecular formula is C21H18Cl4N4O3S. The van der Waals surface area contributed by atoms with Crippen LogP contribution in [0.25, 0.3) is 0 Å². The van der Waals surface area contributed by atoms with Gasteiger partial charge in [-0.15, -0.1) is 0 Å². The summed E-state index contributed by atoms with van der Waals surface area (Å²) in [4.78, 5) is 30.4. The van der Waals surface area contributed by atoms with E-state index in [1.165, 1.54) is 19.2 Å². The summed E-state index contributed by atoms with van der Waals surface area (Å²) in [5, 5.41) is 5.99. The molecular weight excluding hydrogens is 530 g/mol. The molecule has 0 aliphatic carbocycles. The molecule has 1 aliphatic rings. The van der Waals surface area contributed by atoms with Crippen LogP contribution in [0.3, 0.4) is 0 Å². The molecule has 7 nitrogen and oxygen atoms in total. The van der Waals surface area contributed by atoms with Crippen LogP contribution < -0.4 is 16.4 Å². The van der Waals surface area contributed by atoms with Crippen molar-refractivity contribution in [1.29, 1.82) is 0 Å². The van der Waals surface area contributed by atoms with Crippen molar-refractivity contribution in [3.05, 3.63) is 67.8 Å². The third-order valence-corrected chi connectivity index (χ3v) is 6.91. The van der Waals surface area contributed by atoms with E-state index < -0.39 is 17.1 Å². The lowest BCUT2D eigenvalue weighted by Gasteiger charge is -2.13. The van der Waals surface area contributed by atoms with Crippen LogP contribution in [-0.2, 0) is 14.3 Å². The van der Waals surface area contributed by atoms with E-state index in [1.807, 2.05) is 0 Å². The third kappa shape index (κ3) is 6.35. The summed E-state index contributed by atoms with van der Waals surface area (Å²) in [5.74, 6) is -0.964. The molecule has 0 saturated carbocycles. The molecule has 0 aromatic heterocycles. The zero-order valence-corrected chi connectivity index (χ0v) is 21.0. The Labute approximate surface area is 214 Å². The molecule has 1 heterocycles. The number of methoxy groups -OCH3 is 1. The highest BCUT2D eigenvalue weighted by Crippen LogP contribution is 2.37. The smallest absolute Gasteiger partial charge is 0.255 e. The maximum absolute atomic E-state index is 13.0. The van der Waals surface area contributed by atoms with Gasteiger partial charge in [0.15, 0.2) is 0 Å². The number of ether oxygens (including phenoxy) is 1. The van der Waals surface area contributed by atoms with Crippen molar-refractivity contribution in [1.82, 2.24) is 5.32 Å². The molecule has 0 saturated heterocycles. The van der Waals surface area contributed by atoms with Gasteiger partial charge >= 0.3 is 0 Å². The van der Waals surface area contributed by atoms with Gasteiger partial charge in [-0.2, -0.15) is 0 Å². The summed E-state index contributed by atoms with van der Waals surface area (Å²) in [6.45, 7) is 0.580. The first kappa shape index (κ1) is 25.7. The van der Waals surface area contributed by atoms with Crippen LogP contribution in [0.15, 0.2) is 52.7 Å². The van der Waals surface area contributed by atoms with E-state index in [0.717, 1.165) is 11.8 Å². The number of halogens is 4. The fraction of sp³-hybridized carbons (Fsp3) is 0.190. The van der Waals surface area contributed by atoms with E-state index in [2.05, 4.69) is 15.6 Å². The molecule has 0 bridgehead atoms. The summed E-state index contributed by atoms with van der Waals surface area (Å²) >= 11 is 25.1. The van der Waals surface area contributed by atoms with Gasteiger partial charge in [0.05, 0.1) is 38.6 Å². The molecule has 1 atom stereocenters. The lowest BCUT2D eigenvalue weighted by molar-refractivity contribution is -0.117. The van der Waals surface area contributed by atoms with Crippen molar-refractivity contribution >= 4 is 86.4 Å². The minimum absolute atomic E-state index is 0.0660. The predicted molar refractivity (Wildman–Crippen MR) is 136 cm³/mol. The maximum Gasteiger partial charge on any atom is 0.255 e. The number of rotatable bonds is 7. The number of nitrogens with two attached hydrogens (primary N) is 1. The Bertz CT molecular complexity index is 1140. The Balaban J connectivity index is 1.91. The van der Waals surface area contributed by atoms with Gasteiger partial charge in [-0.25, -0.2) is 4.99 Å². The molecule has 4 N–H and O–H groups in total. The normalized spacial score (nSPS) is 16.9. The lowest BCUT2D eigenvalue weighted by atomic mass is 10.1. The molecule has 174 valence electrons. The van der Waals surface area contributed by atoms with Gasteiger partial charge in [0.25, 0.3) is 5.91 Å². The Kier molecular flexibility index (Phi) is 8.92. The molecule has 12 heteroatoms. The second kappa shape index (κ2) is 11.5. The number of anilines is 1. The van der Waals surface area contributed by atoms with Crippen molar-refractivity contribution < 1.29 is 14.3 Å². The molecule has 2 aromatic carbocycles. The average molecular weight is 548 g/mol. The number of aliphatic imine (C=N–C) groups is 1. The molecule has 2 aromatic rings. The van der Waals surface area contributed by atoms with Crippen LogP contribution in [0.2, 0.25) is 20.1 Å². The second-order valence-corrected chi connectivity index (χ2v) is 9.46. The van der Waals surface area contributed by atoms with Gasteiger partial charge in [0.1, 0.15) is 10.3 Å². The summed E-state index contributed by atoms with van der Waals surface area (Å²) < 4.78 is 4.96. The molecule has 1 aliphatic heterocycles. The minimum atomic E-state index is -0.926. The van der Waals surface area contributed by atoms with E-state index in [1.54, 1.807) is 24.3 Å². The highest BCUT2D eigenvalue weighted by molar-refractivity contribution is 8.16. The fourth-order valence-corrected chi connectivity index (χ4v) is 4.64. The van der Waals surface area contributed by atoms with Crippen LogP contribution in [-0.4, -0.2) is 42.4 Å². The van der Waals surface area contributed by atoms with E-state index in [4.69, 9.17) is 56.9 Å². The molecule has 2 amide bonds. The van der Waals surface area contributed by atoms with Crippen molar-refractivity contribution in [2.24, 2.45) is 10.7 Å². The lowest BCUT2D eigenvalue weighted by Crippen LogP contribution is -2.32. The molecule has 0 unspecified atom stereocenters. The van der Waals surface area contributed by atoms with E-state index in [0.29, 0.717) is 22.4 Å². The number of nitrogens with zero attached hydrogens (tertiary/aromatic N) is 1. The Morgan fingerprint density at radius 1 is 1.09 bits per heavy atom. The number of hydrogen-bond acceptors (Lipinski definition) is 6. The number of nitrogens with one attached hydrogen (secondary N) is 2. The van der Waals surface area contributed by atoms with Crippen molar-refractivity contribution in [3.8, 4) is 0 Å². The van der Waals surface area contributed by atoms with Crippen LogP contribution in [0.5, 0.6) is 0 Å². The maximum atomic E-state index is 13.0. The Hall–Kier alpha value is -1.94. The van der Waals surface area contributed by atoms with E-state index >= 15 is 0 Å². The first-order valence-corrected chi connectivity index (χ1v) is 11.8. The SMILES string of the molecule is COCCNC(=O)C1=C(N)[C@@H](C(=O)Nc2cc(Cl)c(Cl)cc2Cl)SC1=Nc1ccc(Cl)cc1. The van der Waals surface area contributed by atoms with Crippen LogP contribution in [0.1, 0.15) is 0 Å². The highest BCUT2D eigenvalue weighted by atomic mass is 35.5. The second-order valence-electron chi connectivity index (χ2n) is 6.71. The van der Waals surface area contributed by atoms with Crippen molar-refractivity contribution in [2.45, 2.75) is 5.25 Å². The molecule has 0 fully saturated rings. The van der Waals surface area contributed by atoms with Crippen LogP contribution >= 0.6 is 58.2 Å². The first-order valence-electron chi connectivity index (χ1n) is 9.44. The Morgan fingerprint density at radius 3 is 2.42 bits per heavy atom. The molecule has 3 rings (SSSR count). The standard InChI is InChI=1S/C21H18Cl4N4O3S/c1-32-7-6-27-19(30)16-17(26)18(33-21(16)28-11-4-2-10(22)3-5-11)20(31)29-15-9-13(24)12(23)8-14(15)25/h2-5,8-9,18H,6-7,26H2,1H3,(H,27,30)(H,29,31)/t18-/m0/s1.